The van der Waals surface area contributed by atoms with E-state index in [1.165, 1.54) is 6.08 Å². The van der Waals surface area contributed by atoms with Crippen LogP contribution in [-0.2, 0) is 0 Å². The molecule has 0 aromatic carbocycles. The summed E-state index contributed by atoms with van der Waals surface area (Å²) in [5, 5.41) is 0.735. The largest absolute Gasteiger partial charge is 0.383 e. The van der Waals surface area contributed by atoms with Crippen LogP contribution in [0.4, 0.5) is 0 Å². The topological polar surface area (TPSA) is 66.1 Å². The van der Waals surface area contributed by atoms with Gasteiger partial charge in [-0.15, -0.1) is 0 Å². The zero-order valence-corrected chi connectivity index (χ0v) is 10.2. The van der Waals surface area contributed by atoms with Gasteiger partial charge in [-0.1, -0.05) is 0 Å². The van der Waals surface area contributed by atoms with Gasteiger partial charge in [0.1, 0.15) is 0 Å². The van der Waals surface area contributed by atoms with Crippen molar-refractivity contribution in [1.29, 1.82) is 0 Å². The molecule has 0 bridgehead atoms. The predicted molar refractivity (Wildman–Crippen MR) is 69.5 cm³/mol. The van der Waals surface area contributed by atoms with Crippen LogP contribution in [0, 0.1) is 0 Å². The molecule has 0 saturated heterocycles. The maximum atomic E-state index is 11.9. The van der Waals surface area contributed by atoms with Crippen molar-refractivity contribution < 1.29 is 4.79 Å². The minimum Gasteiger partial charge on any atom is -0.383 e. The predicted octanol–water partition coefficient (Wildman–Crippen LogP) is 1.18. The number of pyridine rings is 2. The number of H-pyrrole nitrogens is 1. The van der Waals surface area contributed by atoms with Crippen LogP contribution in [0.15, 0.2) is 41.6 Å². The highest BCUT2D eigenvalue weighted by Crippen LogP contribution is 2.09. The maximum Gasteiger partial charge on any atom is 0.259 e. The van der Waals surface area contributed by atoms with Crippen LogP contribution in [-0.4, -0.2) is 34.7 Å². The molecule has 2 rings (SSSR count). The maximum absolute atomic E-state index is 11.9. The number of aromatic amines is 1. The first-order valence-corrected chi connectivity index (χ1v) is 5.44. The zero-order valence-electron chi connectivity index (χ0n) is 10.2. The molecule has 92 valence electrons. The lowest BCUT2D eigenvalue weighted by molar-refractivity contribution is 0.104. The second kappa shape index (κ2) is 4.83. The van der Waals surface area contributed by atoms with E-state index in [9.17, 15) is 9.59 Å². The monoisotopic (exact) mass is 243 g/mol. The summed E-state index contributed by atoms with van der Waals surface area (Å²) in [5.41, 5.74) is 0.402. The second-order valence-electron chi connectivity index (χ2n) is 4.12. The fourth-order valence-electron chi connectivity index (χ4n) is 1.54. The normalized spacial score (nSPS) is 11.0. The number of rotatable bonds is 3. The van der Waals surface area contributed by atoms with Crippen molar-refractivity contribution in [2.45, 2.75) is 0 Å². The third-order valence-electron chi connectivity index (χ3n) is 2.43. The number of allylic oxidation sites excluding steroid dienone is 1. The lowest BCUT2D eigenvalue weighted by Gasteiger charge is -2.03. The SMILES string of the molecule is CN(C)C=CC(=O)c1cc2cnccc2[nH]c1=O. The lowest BCUT2D eigenvalue weighted by atomic mass is 10.1. The van der Waals surface area contributed by atoms with Gasteiger partial charge in [-0.2, -0.15) is 0 Å². The number of nitrogens with one attached hydrogen (secondary N) is 1. The van der Waals surface area contributed by atoms with Crippen molar-refractivity contribution in [2.24, 2.45) is 0 Å². The molecule has 1 N–H and O–H groups in total. The quantitative estimate of drug-likeness (QED) is 0.649. The van der Waals surface area contributed by atoms with E-state index in [4.69, 9.17) is 0 Å². The first kappa shape index (κ1) is 12.0. The molecule has 0 aliphatic carbocycles. The Morgan fingerprint density at radius 2 is 2.22 bits per heavy atom. The summed E-state index contributed by atoms with van der Waals surface area (Å²) in [6, 6.07) is 3.25. The number of nitrogens with zero attached hydrogens (tertiary/aromatic N) is 2. The molecule has 5 heteroatoms. The number of ketones is 1. The molecule has 0 unspecified atom stereocenters. The van der Waals surface area contributed by atoms with Crippen LogP contribution in [0.25, 0.3) is 10.9 Å². The van der Waals surface area contributed by atoms with Crippen molar-refractivity contribution in [2.75, 3.05) is 14.1 Å². The van der Waals surface area contributed by atoms with Crippen molar-refractivity contribution in [1.82, 2.24) is 14.9 Å². The number of aromatic nitrogens is 2. The molecule has 0 amide bonds. The van der Waals surface area contributed by atoms with Gasteiger partial charge in [-0.3, -0.25) is 14.6 Å². The summed E-state index contributed by atoms with van der Waals surface area (Å²) < 4.78 is 0. The molecule has 0 fully saturated rings. The van der Waals surface area contributed by atoms with Crippen LogP contribution in [0.3, 0.4) is 0 Å². The summed E-state index contributed by atoms with van der Waals surface area (Å²) in [7, 11) is 3.61. The van der Waals surface area contributed by atoms with Gasteiger partial charge in [0.15, 0.2) is 5.78 Å². The summed E-state index contributed by atoms with van der Waals surface area (Å²) in [6.07, 6.45) is 6.17. The highest BCUT2D eigenvalue weighted by atomic mass is 16.1. The van der Waals surface area contributed by atoms with Crippen molar-refractivity contribution in [3.8, 4) is 0 Å². The molecule has 0 saturated carbocycles. The zero-order chi connectivity index (χ0) is 13.1. The van der Waals surface area contributed by atoms with Gasteiger partial charge >= 0.3 is 0 Å². The van der Waals surface area contributed by atoms with Gasteiger partial charge < -0.3 is 9.88 Å². The molecule has 0 atom stereocenters. The Morgan fingerprint density at radius 3 is 2.94 bits per heavy atom. The van der Waals surface area contributed by atoms with Crippen LogP contribution >= 0.6 is 0 Å². The number of hydrogen-bond donors (Lipinski definition) is 1. The highest BCUT2D eigenvalue weighted by Gasteiger charge is 2.09. The fourth-order valence-corrected chi connectivity index (χ4v) is 1.54. The summed E-state index contributed by atoms with van der Waals surface area (Å²) in [6.45, 7) is 0. The average Bonchev–Trinajstić information content (AvgIpc) is 2.35. The molecule has 18 heavy (non-hydrogen) atoms. The minimum atomic E-state index is -0.387. The standard InChI is InChI=1S/C13H13N3O2/c1-16(2)6-4-12(17)10-7-9-8-14-5-3-11(9)15-13(10)18/h3-8H,1-2H3,(H,15,18). The van der Waals surface area contributed by atoms with Crippen LogP contribution in [0.5, 0.6) is 0 Å². The Kier molecular flexibility index (Phi) is 3.23. The second-order valence-corrected chi connectivity index (χ2v) is 4.12. The van der Waals surface area contributed by atoms with E-state index in [2.05, 4.69) is 9.97 Å². The average molecular weight is 243 g/mol. The molecule has 0 radical (unpaired) electrons. The number of hydrogen-bond acceptors (Lipinski definition) is 4. The molecular formula is C13H13N3O2. The molecule has 0 aliphatic heterocycles. The molecule has 2 heterocycles. The van der Waals surface area contributed by atoms with E-state index in [1.54, 1.807) is 49.7 Å². The summed E-state index contributed by atoms with van der Waals surface area (Å²) in [4.78, 5) is 32.0. The number of carbonyl (C=O) groups is 1. The molecule has 0 aliphatic rings. The molecule has 0 spiro atoms. The summed E-state index contributed by atoms with van der Waals surface area (Å²) >= 11 is 0. The molecule has 2 aromatic rings. The van der Waals surface area contributed by atoms with E-state index in [0.29, 0.717) is 5.52 Å². The van der Waals surface area contributed by atoms with E-state index in [-0.39, 0.29) is 16.9 Å². The van der Waals surface area contributed by atoms with Gasteiger partial charge in [0.05, 0.1) is 11.1 Å². The Balaban J connectivity index is 2.48. The Hall–Kier alpha value is -2.43. The highest BCUT2D eigenvalue weighted by molar-refractivity contribution is 6.05. The van der Waals surface area contributed by atoms with E-state index >= 15 is 0 Å². The van der Waals surface area contributed by atoms with E-state index < -0.39 is 0 Å². The Morgan fingerprint density at radius 1 is 1.44 bits per heavy atom. The smallest absolute Gasteiger partial charge is 0.259 e. The van der Waals surface area contributed by atoms with Gasteiger partial charge in [0.2, 0.25) is 0 Å². The molecule has 2 aromatic heterocycles. The van der Waals surface area contributed by atoms with Gasteiger partial charge in [-0.25, -0.2) is 0 Å². The van der Waals surface area contributed by atoms with Gasteiger partial charge in [0.25, 0.3) is 5.56 Å². The molecular weight excluding hydrogens is 230 g/mol. The van der Waals surface area contributed by atoms with Crippen molar-refractivity contribution >= 4 is 16.7 Å². The third-order valence-corrected chi connectivity index (χ3v) is 2.43. The van der Waals surface area contributed by atoms with Gasteiger partial charge in [-0.05, 0) is 12.1 Å². The van der Waals surface area contributed by atoms with E-state index in [0.717, 1.165) is 5.39 Å². The van der Waals surface area contributed by atoms with Crippen molar-refractivity contribution in [3.05, 3.63) is 52.7 Å². The number of fused-ring (bicyclic) bond motifs is 1. The van der Waals surface area contributed by atoms with Crippen molar-refractivity contribution in [3.63, 3.8) is 0 Å². The first-order valence-electron chi connectivity index (χ1n) is 5.44. The third kappa shape index (κ3) is 2.45. The van der Waals surface area contributed by atoms with Gasteiger partial charge in [0, 0.05) is 44.2 Å². The summed E-state index contributed by atoms with van der Waals surface area (Å²) in [5.74, 6) is -0.323. The first-order chi connectivity index (χ1) is 8.58. The lowest BCUT2D eigenvalue weighted by Crippen LogP contribution is -2.16. The van der Waals surface area contributed by atoms with E-state index in [1.807, 2.05) is 0 Å². The molecule has 5 nitrogen and oxygen atoms in total. The van der Waals surface area contributed by atoms with Crippen LogP contribution in [0.2, 0.25) is 0 Å². The Labute approximate surface area is 104 Å². The van der Waals surface area contributed by atoms with Crippen LogP contribution < -0.4 is 5.56 Å². The fraction of sp³-hybridized carbons (Fsp3) is 0.154. The minimum absolute atomic E-state index is 0.119. The van der Waals surface area contributed by atoms with Crippen LogP contribution in [0.1, 0.15) is 10.4 Å². The number of carbonyl (C=O) groups excluding carboxylic acids is 1. The Bertz CT molecular complexity index is 671.